The average Bonchev–Trinajstić information content (AvgIpc) is 2.70. The SMILES string of the molecule is O=NN(CC(=O)NN=Cc1ccc(Cl)cc1)CC(=O)NN=Cc1ccc(Cl)cc1. The first-order chi connectivity index (χ1) is 14.0. The van der Waals surface area contributed by atoms with Gasteiger partial charge in [0.05, 0.1) is 17.7 Å². The molecule has 2 amide bonds. The summed E-state index contributed by atoms with van der Waals surface area (Å²) in [6, 6.07) is 13.6. The van der Waals surface area contributed by atoms with E-state index in [-0.39, 0.29) is 0 Å². The molecule has 2 aromatic rings. The monoisotopic (exact) mass is 434 g/mol. The van der Waals surface area contributed by atoms with Gasteiger partial charge in [-0.2, -0.15) is 10.2 Å². The number of rotatable bonds is 9. The molecule has 0 aliphatic rings. The second-order valence-electron chi connectivity index (χ2n) is 5.59. The zero-order valence-electron chi connectivity index (χ0n) is 15.0. The molecule has 0 radical (unpaired) electrons. The van der Waals surface area contributed by atoms with Crippen LogP contribution in [0.25, 0.3) is 0 Å². The minimum absolute atomic E-state index is 0.449. The molecule has 0 spiro atoms. The predicted molar refractivity (Wildman–Crippen MR) is 112 cm³/mol. The average molecular weight is 435 g/mol. The highest BCUT2D eigenvalue weighted by atomic mass is 35.5. The van der Waals surface area contributed by atoms with Crippen molar-refractivity contribution < 1.29 is 9.59 Å². The lowest BCUT2D eigenvalue weighted by Crippen LogP contribution is -2.38. The normalized spacial score (nSPS) is 10.8. The van der Waals surface area contributed by atoms with Gasteiger partial charge in [0, 0.05) is 10.0 Å². The maximum Gasteiger partial charge on any atom is 0.261 e. The van der Waals surface area contributed by atoms with E-state index in [1.807, 2.05) is 0 Å². The second kappa shape index (κ2) is 11.5. The fraction of sp³-hybridized carbons (Fsp3) is 0.111. The van der Waals surface area contributed by atoms with Crippen molar-refractivity contribution in [3.05, 3.63) is 74.6 Å². The van der Waals surface area contributed by atoms with Gasteiger partial charge >= 0.3 is 0 Å². The lowest BCUT2D eigenvalue weighted by Gasteiger charge is -2.12. The van der Waals surface area contributed by atoms with Crippen LogP contribution in [0.2, 0.25) is 10.0 Å². The summed E-state index contributed by atoms with van der Waals surface area (Å²) >= 11 is 11.5. The molecule has 0 saturated heterocycles. The molecule has 2 rings (SSSR count). The van der Waals surface area contributed by atoms with Crippen LogP contribution in [-0.2, 0) is 9.59 Å². The van der Waals surface area contributed by atoms with Gasteiger partial charge in [-0.15, -0.1) is 4.91 Å². The molecular weight excluding hydrogens is 419 g/mol. The third kappa shape index (κ3) is 8.50. The predicted octanol–water partition coefficient (Wildman–Crippen LogP) is 2.58. The van der Waals surface area contributed by atoms with E-state index in [4.69, 9.17) is 23.2 Å². The number of carbonyl (C=O) groups is 2. The van der Waals surface area contributed by atoms with Gasteiger partial charge in [0.25, 0.3) is 11.8 Å². The van der Waals surface area contributed by atoms with Crippen LogP contribution in [0.5, 0.6) is 0 Å². The highest BCUT2D eigenvalue weighted by Crippen LogP contribution is 2.08. The Balaban J connectivity index is 1.75. The smallest absolute Gasteiger partial charge is 0.261 e. The highest BCUT2D eigenvalue weighted by Gasteiger charge is 2.13. The molecule has 0 bridgehead atoms. The van der Waals surface area contributed by atoms with Crippen molar-refractivity contribution in [3.63, 3.8) is 0 Å². The Hall–Kier alpha value is -3.30. The Morgan fingerprint density at radius 3 is 1.52 bits per heavy atom. The molecular formula is C18H16Cl2N6O3. The minimum atomic E-state index is -0.618. The van der Waals surface area contributed by atoms with Crippen molar-refractivity contribution in [2.24, 2.45) is 15.5 Å². The molecule has 2 N–H and O–H groups in total. The molecule has 2 aromatic carbocycles. The summed E-state index contributed by atoms with van der Waals surface area (Å²) in [6.45, 7) is -0.897. The van der Waals surface area contributed by atoms with Gasteiger partial charge in [-0.25, -0.2) is 15.9 Å². The molecule has 0 aliphatic carbocycles. The van der Waals surface area contributed by atoms with Crippen molar-refractivity contribution in [3.8, 4) is 0 Å². The van der Waals surface area contributed by atoms with Crippen LogP contribution in [0.3, 0.4) is 0 Å². The number of nitrogens with one attached hydrogen (secondary N) is 2. The standard InChI is InChI=1S/C18H16Cl2N6O3/c19-15-5-1-13(2-6-15)9-21-23-17(27)11-26(25-29)12-18(28)24-22-10-14-3-7-16(20)8-4-14/h1-10H,11-12H2,(H,23,27)(H,24,28). The van der Waals surface area contributed by atoms with E-state index < -0.39 is 24.9 Å². The minimum Gasteiger partial charge on any atom is -0.271 e. The number of amides is 2. The summed E-state index contributed by atoms with van der Waals surface area (Å²) in [6.07, 6.45) is 2.82. The van der Waals surface area contributed by atoms with E-state index in [1.54, 1.807) is 48.5 Å². The van der Waals surface area contributed by atoms with Gasteiger partial charge < -0.3 is 0 Å². The summed E-state index contributed by atoms with van der Waals surface area (Å²) < 4.78 is 0. The van der Waals surface area contributed by atoms with Gasteiger partial charge in [0.15, 0.2) is 0 Å². The maximum atomic E-state index is 11.8. The molecule has 0 saturated carbocycles. The third-order valence-corrected chi connectivity index (χ3v) is 3.82. The van der Waals surface area contributed by atoms with E-state index in [0.29, 0.717) is 10.0 Å². The number of benzene rings is 2. The first kappa shape index (κ1) is 22.0. The Morgan fingerprint density at radius 1 is 0.793 bits per heavy atom. The van der Waals surface area contributed by atoms with Crippen LogP contribution in [0.15, 0.2) is 64.0 Å². The summed E-state index contributed by atoms with van der Waals surface area (Å²) in [5.41, 5.74) is 5.92. The maximum absolute atomic E-state index is 11.8. The lowest BCUT2D eigenvalue weighted by atomic mass is 10.2. The van der Waals surface area contributed by atoms with E-state index >= 15 is 0 Å². The molecule has 9 nitrogen and oxygen atoms in total. The van der Waals surface area contributed by atoms with Crippen molar-refractivity contribution in [2.75, 3.05) is 13.1 Å². The number of hydrogen-bond acceptors (Lipinski definition) is 6. The quantitative estimate of drug-likeness (QED) is 0.358. The molecule has 0 unspecified atom stereocenters. The highest BCUT2D eigenvalue weighted by molar-refractivity contribution is 6.30. The van der Waals surface area contributed by atoms with Crippen LogP contribution < -0.4 is 10.9 Å². The molecule has 0 aliphatic heterocycles. The van der Waals surface area contributed by atoms with Crippen LogP contribution >= 0.6 is 23.2 Å². The Labute approximate surface area is 176 Å². The van der Waals surface area contributed by atoms with Crippen molar-refractivity contribution in [2.45, 2.75) is 0 Å². The third-order valence-electron chi connectivity index (χ3n) is 3.31. The van der Waals surface area contributed by atoms with Crippen LogP contribution in [0.1, 0.15) is 11.1 Å². The Kier molecular flexibility index (Phi) is 8.74. The van der Waals surface area contributed by atoms with E-state index in [1.165, 1.54) is 12.4 Å². The number of hydrazone groups is 2. The van der Waals surface area contributed by atoms with Crippen molar-refractivity contribution in [1.82, 2.24) is 15.9 Å². The first-order valence-corrected chi connectivity index (χ1v) is 8.95. The Morgan fingerprint density at radius 2 is 1.17 bits per heavy atom. The van der Waals surface area contributed by atoms with E-state index in [2.05, 4.69) is 26.3 Å². The molecule has 0 aromatic heterocycles. The Bertz CT molecular complexity index is 829. The van der Waals surface area contributed by atoms with Crippen LogP contribution in [0.4, 0.5) is 0 Å². The van der Waals surface area contributed by atoms with Crippen LogP contribution in [-0.4, -0.2) is 42.3 Å². The van der Waals surface area contributed by atoms with E-state index in [0.717, 1.165) is 16.1 Å². The first-order valence-electron chi connectivity index (χ1n) is 8.19. The largest absolute Gasteiger partial charge is 0.271 e. The molecule has 11 heteroatoms. The number of hydrogen-bond donors (Lipinski definition) is 2. The summed E-state index contributed by atoms with van der Waals surface area (Å²) in [5.74, 6) is -1.24. The van der Waals surface area contributed by atoms with Crippen molar-refractivity contribution >= 4 is 47.4 Å². The number of nitroso groups, excluding NO2 is 1. The molecule has 29 heavy (non-hydrogen) atoms. The molecule has 0 heterocycles. The summed E-state index contributed by atoms with van der Waals surface area (Å²) in [5, 5.41) is 12.1. The zero-order chi connectivity index (χ0) is 21.1. The fourth-order valence-corrected chi connectivity index (χ4v) is 2.22. The number of halogens is 2. The van der Waals surface area contributed by atoms with Crippen molar-refractivity contribution in [1.29, 1.82) is 0 Å². The molecule has 150 valence electrons. The topological polar surface area (TPSA) is 116 Å². The van der Waals surface area contributed by atoms with Gasteiger partial charge in [0.1, 0.15) is 13.1 Å². The van der Waals surface area contributed by atoms with Gasteiger partial charge in [-0.3, -0.25) is 9.59 Å². The van der Waals surface area contributed by atoms with Crippen LogP contribution in [0, 0.1) is 4.91 Å². The van der Waals surface area contributed by atoms with Gasteiger partial charge in [-0.05, 0) is 35.4 Å². The lowest BCUT2D eigenvalue weighted by molar-refractivity contribution is -0.125. The molecule has 0 atom stereocenters. The number of carbonyl (C=O) groups excluding carboxylic acids is 2. The number of nitrogens with zero attached hydrogens (tertiary/aromatic N) is 4. The summed E-state index contributed by atoms with van der Waals surface area (Å²) in [7, 11) is 0. The zero-order valence-corrected chi connectivity index (χ0v) is 16.5. The van der Waals surface area contributed by atoms with Gasteiger partial charge in [0.2, 0.25) is 0 Å². The van der Waals surface area contributed by atoms with Gasteiger partial charge in [-0.1, -0.05) is 47.5 Å². The van der Waals surface area contributed by atoms with E-state index in [9.17, 15) is 14.5 Å². The fourth-order valence-electron chi connectivity index (χ4n) is 1.97. The molecule has 0 fully saturated rings. The summed E-state index contributed by atoms with van der Waals surface area (Å²) in [4.78, 5) is 34.5. The second-order valence-corrected chi connectivity index (χ2v) is 6.47.